The number of hydrogen-bond donors (Lipinski definition) is 0. The van der Waals surface area contributed by atoms with E-state index >= 15 is 0 Å². The van der Waals surface area contributed by atoms with Gasteiger partial charge in [0.15, 0.2) is 11.9 Å². The summed E-state index contributed by atoms with van der Waals surface area (Å²) in [5, 5.41) is 0. The second-order valence-corrected chi connectivity index (χ2v) is 9.20. The summed E-state index contributed by atoms with van der Waals surface area (Å²) in [6.45, 7) is 1.87. The third-order valence-corrected chi connectivity index (χ3v) is 7.55. The molecule has 1 aromatic carbocycles. The fourth-order valence-electron chi connectivity index (χ4n) is 4.12. The number of ether oxygens (including phenoxy) is 2. The molecule has 2 fully saturated rings. The van der Waals surface area contributed by atoms with Crippen LogP contribution in [0.1, 0.15) is 26.2 Å². The Hall–Kier alpha value is -2.36. The molecule has 2 aliphatic rings. The van der Waals surface area contributed by atoms with E-state index in [9.17, 15) is 13.2 Å². The van der Waals surface area contributed by atoms with Gasteiger partial charge in [0.25, 0.3) is 0 Å². The Kier molecular flexibility index (Phi) is 5.37. The summed E-state index contributed by atoms with van der Waals surface area (Å²) < 4.78 is 38.8. The van der Waals surface area contributed by atoms with Gasteiger partial charge in [0.2, 0.25) is 10.0 Å². The van der Waals surface area contributed by atoms with E-state index in [0.29, 0.717) is 18.7 Å². The topological polar surface area (TPSA) is 98.7 Å². The molecule has 4 atom stereocenters. The van der Waals surface area contributed by atoms with Crippen molar-refractivity contribution in [2.75, 3.05) is 7.11 Å². The predicted molar refractivity (Wildman–Crippen MR) is 104 cm³/mol. The molecular formula is C20H23N3O5S. The molecule has 4 rings (SSSR count). The Morgan fingerprint density at radius 1 is 1.17 bits per heavy atom. The molecule has 0 unspecified atom stereocenters. The molecule has 0 spiro atoms. The molecule has 2 aromatic rings. The van der Waals surface area contributed by atoms with Crippen LogP contribution in [0, 0.1) is 0 Å². The first kappa shape index (κ1) is 19.9. The molecule has 3 heterocycles. The molecule has 2 saturated heterocycles. The van der Waals surface area contributed by atoms with Crippen molar-refractivity contribution in [2.45, 2.75) is 55.4 Å². The summed E-state index contributed by atoms with van der Waals surface area (Å²) in [5.41, 5.74) is 0.813. The minimum absolute atomic E-state index is 0.0335. The van der Waals surface area contributed by atoms with Crippen LogP contribution in [-0.2, 0) is 24.3 Å². The minimum Gasteiger partial charge on any atom is -0.467 e. The van der Waals surface area contributed by atoms with Crippen LogP contribution >= 0.6 is 0 Å². The van der Waals surface area contributed by atoms with E-state index in [1.165, 1.54) is 23.8 Å². The lowest BCUT2D eigenvalue weighted by Gasteiger charge is -2.40. The summed E-state index contributed by atoms with van der Waals surface area (Å²) in [5.74, 6) is -0.0102. The highest BCUT2D eigenvalue weighted by Gasteiger charge is 2.50. The van der Waals surface area contributed by atoms with Gasteiger partial charge in [0.05, 0.1) is 31.6 Å². The van der Waals surface area contributed by atoms with E-state index in [1.54, 1.807) is 0 Å². The van der Waals surface area contributed by atoms with Gasteiger partial charge in [-0.1, -0.05) is 30.3 Å². The third-order valence-electron chi connectivity index (χ3n) is 5.55. The van der Waals surface area contributed by atoms with Crippen LogP contribution in [0.25, 0.3) is 11.4 Å². The maximum absolute atomic E-state index is 13.4. The fraction of sp³-hybridized carbons (Fsp3) is 0.450. The van der Waals surface area contributed by atoms with E-state index in [-0.39, 0.29) is 23.5 Å². The number of hydrogen-bond acceptors (Lipinski definition) is 7. The summed E-state index contributed by atoms with van der Waals surface area (Å²) >= 11 is 0. The van der Waals surface area contributed by atoms with Gasteiger partial charge in [-0.15, -0.1) is 0 Å². The van der Waals surface area contributed by atoms with Crippen molar-refractivity contribution < 1.29 is 22.7 Å². The van der Waals surface area contributed by atoms with Crippen LogP contribution in [0.3, 0.4) is 0 Å². The molecule has 0 aliphatic carbocycles. The van der Waals surface area contributed by atoms with Gasteiger partial charge in [0, 0.05) is 18.0 Å². The van der Waals surface area contributed by atoms with Crippen molar-refractivity contribution in [3.05, 3.63) is 42.7 Å². The number of aromatic nitrogens is 2. The largest absolute Gasteiger partial charge is 0.467 e. The van der Waals surface area contributed by atoms with Gasteiger partial charge in [-0.05, 0) is 19.8 Å². The molecule has 154 valence electrons. The molecule has 29 heavy (non-hydrogen) atoms. The van der Waals surface area contributed by atoms with Crippen LogP contribution < -0.4 is 0 Å². The molecule has 2 aliphatic heterocycles. The van der Waals surface area contributed by atoms with Crippen molar-refractivity contribution in [1.82, 2.24) is 14.3 Å². The highest BCUT2D eigenvalue weighted by Crippen LogP contribution is 2.38. The van der Waals surface area contributed by atoms with Gasteiger partial charge in [-0.3, -0.25) is 0 Å². The number of benzene rings is 1. The first-order valence-electron chi connectivity index (χ1n) is 9.56. The smallest absolute Gasteiger partial charge is 0.335 e. The Balaban J connectivity index is 1.62. The predicted octanol–water partition coefficient (Wildman–Crippen LogP) is 2.02. The number of methoxy groups -OCH3 is 1. The molecule has 0 amide bonds. The third kappa shape index (κ3) is 3.65. The monoisotopic (exact) mass is 417 g/mol. The second-order valence-electron chi connectivity index (χ2n) is 7.36. The SMILES string of the molecule is COC(=O)[C@@H]1C[C@@H]2[C@H](CC[C@H](C)N2S(=O)(=O)c2cnc(-c3ccccc3)nc2)O1. The maximum Gasteiger partial charge on any atom is 0.335 e. The number of carbonyl (C=O) groups excluding carboxylic acids is 1. The highest BCUT2D eigenvalue weighted by atomic mass is 32.2. The number of rotatable bonds is 4. The van der Waals surface area contributed by atoms with Crippen molar-refractivity contribution >= 4 is 16.0 Å². The number of fused-ring (bicyclic) bond motifs is 1. The van der Waals surface area contributed by atoms with E-state index in [2.05, 4.69) is 9.97 Å². The Morgan fingerprint density at radius 3 is 2.52 bits per heavy atom. The lowest BCUT2D eigenvalue weighted by atomic mass is 9.95. The van der Waals surface area contributed by atoms with Crippen LogP contribution in [-0.4, -0.2) is 60.1 Å². The first-order valence-corrected chi connectivity index (χ1v) is 11.0. The zero-order valence-corrected chi connectivity index (χ0v) is 17.1. The normalized spacial score (nSPS) is 27.4. The number of nitrogens with zero attached hydrogens (tertiary/aromatic N) is 3. The zero-order valence-electron chi connectivity index (χ0n) is 16.3. The first-order chi connectivity index (χ1) is 13.9. The lowest BCUT2D eigenvalue weighted by Crippen LogP contribution is -2.53. The summed E-state index contributed by atoms with van der Waals surface area (Å²) in [6.07, 6.45) is 3.25. The van der Waals surface area contributed by atoms with E-state index in [0.717, 1.165) is 5.56 Å². The summed E-state index contributed by atoms with van der Waals surface area (Å²) in [4.78, 5) is 20.4. The average Bonchev–Trinajstić information content (AvgIpc) is 3.17. The standard InChI is InChI=1S/C20H23N3O5S/c1-13-8-9-17-16(10-18(28-17)20(24)27-2)23(13)29(25,26)15-11-21-19(22-12-15)14-6-4-3-5-7-14/h3-7,11-13,16-18H,8-10H2,1-2H3/t13-,16+,17-,18-/m0/s1. The van der Waals surface area contributed by atoms with Gasteiger partial charge >= 0.3 is 5.97 Å². The molecule has 9 heteroatoms. The maximum atomic E-state index is 13.4. The van der Waals surface area contributed by atoms with Crippen molar-refractivity contribution in [2.24, 2.45) is 0 Å². The highest BCUT2D eigenvalue weighted by molar-refractivity contribution is 7.89. The molecule has 0 bridgehead atoms. The fourth-order valence-corrected chi connectivity index (χ4v) is 5.89. The van der Waals surface area contributed by atoms with Gasteiger partial charge in [0.1, 0.15) is 4.90 Å². The van der Waals surface area contributed by atoms with E-state index in [1.807, 2.05) is 37.3 Å². The van der Waals surface area contributed by atoms with Gasteiger partial charge in [-0.25, -0.2) is 23.2 Å². The summed E-state index contributed by atoms with van der Waals surface area (Å²) in [7, 11) is -2.54. The quantitative estimate of drug-likeness (QED) is 0.702. The molecule has 0 radical (unpaired) electrons. The Bertz CT molecular complexity index is 981. The van der Waals surface area contributed by atoms with Crippen LogP contribution in [0.5, 0.6) is 0 Å². The molecule has 8 nitrogen and oxygen atoms in total. The van der Waals surface area contributed by atoms with Crippen molar-refractivity contribution in [3.8, 4) is 11.4 Å². The van der Waals surface area contributed by atoms with Gasteiger partial charge < -0.3 is 9.47 Å². The molecule has 0 N–H and O–H groups in total. The average molecular weight is 417 g/mol. The number of sulfonamides is 1. The summed E-state index contributed by atoms with van der Waals surface area (Å²) in [6, 6.07) is 8.74. The molecular weight excluding hydrogens is 394 g/mol. The Morgan fingerprint density at radius 2 is 1.86 bits per heavy atom. The van der Waals surface area contributed by atoms with Gasteiger partial charge in [-0.2, -0.15) is 4.31 Å². The van der Waals surface area contributed by atoms with Crippen LogP contribution in [0.2, 0.25) is 0 Å². The van der Waals surface area contributed by atoms with Crippen LogP contribution in [0.15, 0.2) is 47.6 Å². The van der Waals surface area contributed by atoms with Crippen LogP contribution in [0.4, 0.5) is 0 Å². The van der Waals surface area contributed by atoms with E-state index < -0.39 is 28.1 Å². The number of piperidine rings is 1. The Labute approximate surface area is 169 Å². The number of carbonyl (C=O) groups is 1. The lowest BCUT2D eigenvalue weighted by molar-refractivity contribution is -0.153. The van der Waals surface area contributed by atoms with E-state index in [4.69, 9.17) is 9.47 Å². The zero-order chi connectivity index (χ0) is 20.6. The molecule has 0 saturated carbocycles. The van der Waals surface area contributed by atoms with Crippen molar-refractivity contribution in [1.29, 1.82) is 0 Å². The second kappa shape index (κ2) is 7.81. The molecule has 1 aromatic heterocycles. The van der Waals surface area contributed by atoms with Crippen molar-refractivity contribution in [3.63, 3.8) is 0 Å². The minimum atomic E-state index is -3.84. The number of esters is 1.